The van der Waals surface area contributed by atoms with E-state index in [9.17, 15) is 14.4 Å². The van der Waals surface area contributed by atoms with Gasteiger partial charge in [0.05, 0.1) is 11.4 Å². The second kappa shape index (κ2) is 9.10. The van der Waals surface area contributed by atoms with E-state index in [1.165, 1.54) is 11.4 Å². The van der Waals surface area contributed by atoms with E-state index < -0.39 is 11.9 Å². The molecular formula is C27H24N6O3. The summed E-state index contributed by atoms with van der Waals surface area (Å²) in [4.78, 5) is 43.3. The van der Waals surface area contributed by atoms with Crippen molar-refractivity contribution in [3.63, 3.8) is 0 Å². The number of benzene rings is 2. The summed E-state index contributed by atoms with van der Waals surface area (Å²) in [5, 5.41) is 8.29. The molecule has 9 nitrogen and oxygen atoms in total. The Morgan fingerprint density at radius 2 is 1.86 bits per heavy atom. The first kappa shape index (κ1) is 23.0. The summed E-state index contributed by atoms with van der Waals surface area (Å²) < 4.78 is 3.02. The Labute approximate surface area is 206 Å². The van der Waals surface area contributed by atoms with Crippen LogP contribution in [0.25, 0.3) is 22.1 Å². The number of nitrogens with zero attached hydrogens (tertiary/aromatic N) is 4. The van der Waals surface area contributed by atoms with Gasteiger partial charge in [0.15, 0.2) is 11.5 Å². The molecule has 0 saturated heterocycles. The first-order valence-corrected chi connectivity index (χ1v) is 11.5. The molecule has 1 amide bonds. The highest BCUT2D eigenvalue weighted by atomic mass is 16.2. The van der Waals surface area contributed by atoms with Gasteiger partial charge in [0, 0.05) is 30.2 Å². The van der Waals surface area contributed by atoms with E-state index in [4.69, 9.17) is 5.73 Å². The van der Waals surface area contributed by atoms with Crippen LogP contribution in [0.5, 0.6) is 0 Å². The zero-order valence-electron chi connectivity index (χ0n) is 19.8. The second-order valence-corrected chi connectivity index (χ2v) is 8.65. The van der Waals surface area contributed by atoms with Crippen molar-refractivity contribution in [3.05, 3.63) is 100 Å². The van der Waals surface area contributed by atoms with E-state index in [-0.39, 0.29) is 29.1 Å². The van der Waals surface area contributed by atoms with Crippen molar-refractivity contribution in [1.82, 2.24) is 24.5 Å². The fraction of sp³-hybridized carbons (Fsp3) is 0.148. The third-order valence-electron chi connectivity index (χ3n) is 6.06. The standard InChI is InChI=1S/C27H24N6O3/c1-16(34)14-18-8-6-9-19-15-21(33(27(36)22(18)19)20-10-4-3-5-11-20)17(2)30-26(35)23-24(28)31-32-13-7-12-29-25(23)32/h3-13,15,17H,14H2,1-2H3,(H2,28,31)(H,30,35)/t17-/m0/s1. The molecule has 3 N–H and O–H groups in total. The fourth-order valence-corrected chi connectivity index (χ4v) is 4.50. The highest BCUT2D eigenvalue weighted by molar-refractivity contribution is 6.04. The second-order valence-electron chi connectivity index (χ2n) is 8.65. The lowest BCUT2D eigenvalue weighted by atomic mass is 10.00. The van der Waals surface area contributed by atoms with Crippen molar-refractivity contribution in [2.24, 2.45) is 0 Å². The van der Waals surface area contributed by atoms with Crippen LogP contribution in [0.1, 0.15) is 41.5 Å². The first-order valence-electron chi connectivity index (χ1n) is 11.5. The number of nitrogen functional groups attached to an aromatic ring is 1. The van der Waals surface area contributed by atoms with Gasteiger partial charge in [0.2, 0.25) is 0 Å². The molecule has 3 aromatic heterocycles. The SMILES string of the molecule is CC(=O)Cc1cccc2cc([C@H](C)NC(=O)c3c(N)nn4cccnc34)n(-c3ccccc3)c(=O)c12. The minimum atomic E-state index is -0.579. The molecule has 0 aliphatic rings. The zero-order chi connectivity index (χ0) is 25.4. The van der Waals surface area contributed by atoms with Crippen LogP contribution in [-0.4, -0.2) is 30.9 Å². The number of carbonyl (C=O) groups excluding carboxylic acids is 2. The number of rotatable bonds is 6. The summed E-state index contributed by atoms with van der Waals surface area (Å²) in [6.07, 6.45) is 3.38. The third kappa shape index (κ3) is 4.00. The number of nitrogens with one attached hydrogen (secondary N) is 1. The van der Waals surface area contributed by atoms with Crippen LogP contribution < -0.4 is 16.6 Å². The molecule has 0 spiro atoms. The number of nitrogens with two attached hydrogens (primary N) is 1. The van der Waals surface area contributed by atoms with Crippen LogP contribution in [0.4, 0.5) is 5.82 Å². The Kier molecular flexibility index (Phi) is 5.81. The maximum absolute atomic E-state index is 13.9. The fourth-order valence-electron chi connectivity index (χ4n) is 4.50. The number of fused-ring (bicyclic) bond motifs is 2. The molecule has 0 radical (unpaired) electrons. The molecule has 0 aliphatic carbocycles. The van der Waals surface area contributed by atoms with Gasteiger partial charge in [-0.1, -0.05) is 36.4 Å². The lowest BCUT2D eigenvalue weighted by Crippen LogP contribution is -2.32. The van der Waals surface area contributed by atoms with Gasteiger partial charge in [-0.25, -0.2) is 9.50 Å². The first-order chi connectivity index (χ1) is 17.3. The lowest BCUT2D eigenvalue weighted by Gasteiger charge is -2.21. The average Bonchev–Trinajstić information content (AvgIpc) is 3.19. The molecule has 5 rings (SSSR count). The minimum Gasteiger partial charge on any atom is -0.381 e. The Hall–Kier alpha value is -4.79. The van der Waals surface area contributed by atoms with E-state index in [0.29, 0.717) is 33.4 Å². The highest BCUT2D eigenvalue weighted by Crippen LogP contribution is 2.25. The number of hydrogen-bond acceptors (Lipinski definition) is 6. The van der Waals surface area contributed by atoms with Crippen LogP contribution in [-0.2, 0) is 11.2 Å². The van der Waals surface area contributed by atoms with Crippen LogP contribution >= 0.6 is 0 Å². The summed E-state index contributed by atoms with van der Waals surface area (Å²) in [7, 11) is 0. The Bertz CT molecular complexity index is 1690. The van der Waals surface area contributed by atoms with Crippen molar-refractivity contribution in [1.29, 1.82) is 0 Å². The monoisotopic (exact) mass is 480 g/mol. The normalized spacial score (nSPS) is 12.1. The van der Waals surface area contributed by atoms with E-state index in [1.807, 2.05) is 48.5 Å². The molecule has 3 heterocycles. The van der Waals surface area contributed by atoms with Gasteiger partial charge < -0.3 is 11.1 Å². The number of amides is 1. The molecule has 0 aliphatic heterocycles. The van der Waals surface area contributed by atoms with Crippen molar-refractivity contribution < 1.29 is 9.59 Å². The summed E-state index contributed by atoms with van der Waals surface area (Å²) >= 11 is 0. The molecule has 0 bridgehead atoms. The maximum atomic E-state index is 13.9. The largest absolute Gasteiger partial charge is 0.381 e. The van der Waals surface area contributed by atoms with Crippen molar-refractivity contribution in [3.8, 4) is 5.69 Å². The molecule has 0 unspecified atom stereocenters. The number of pyridine rings is 1. The van der Waals surface area contributed by atoms with Crippen LogP contribution in [0.2, 0.25) is 0 Å². The predicted molar refractivity (Wildman–Crippen MR) is 137 cm³/mol. The predicted octanol–water partition coefficient (Wildman–Crippen LogP) is 3.24. The summed E-state index contributed by atoms with van der Waals surface area (Å²) in [6, 6.07) is 17.6. The Morgan fingerprint density at radius 3 is 2.61 bits per heavy atom. The van der Waals surface area contributed by atoms with E-state index in [0.717, 1.165) is 0 Å². The lowest BCUT2D eigenvalue weighted by molar-refractivity contribution is -0.116. The molecule has 36 heavy (non-hydrogen) atoms. The highest BCUT2D eigenvalue weighted by Gasteiger charge is 2.24. The van der Waals surface area contributed by atoms with Gasteiger partial charge >= 0.3 is 0 Å². The number of aromatic nitrogens is 4. The van der Waals surface area contributed by atoms with Crippen molar-refractivity contribution in [2.75, 3.05) is 5.73 Å². The smallest absolute Gasteiger partial charge is 0.263 e. The van der Waals surface area contributed by atoms with E-state index in [2.05, 4.69) is 15.4 Å². The number of hydrogen-bond donors (Lipinski definition) is 2. The van der Waals surface area contributed by atoms with Crippen LogP contribution in [0.3, 0.4) is 0 Å². The number of Topliss-reactive ketones (excluding diaryl/α,β-unsaturated/α-hetero) is 1. The van der Waals surface area contributed by atoms with Crippen LogP contribution in [0.15, 0.2) is 77.9 Å². The van der Waals surface area contributed by atoms with Gasteiger partial charge in [-0.15, -0.1) is 5.10 Å². The molecule has 5 aromatic rings. The van der Waals surface area contributed by atoms with Crippen molar-refractivity contribution in [2.45, 2.75) is 26.3 Å². The maximum Gasteiger partial charge on any atom is 0.263 e. The Morgan fingerprint density at radius 1 is 1.08 bits per heavy atom. The molecule has 0 fully saturated rings. The quantitative estimate of drug-likeness (QED) is 0.384. The third-order valence-corrected chi connectivity index (χ3v) is 6.06. The summed E-state index contributed by atoms with van der Waals surface area (Å²) in [5.41, 5.74) is 8.17. The minimum absolute atomic E-state index is 0.0301. The summed E-state index contributed by atoms with van der Waals surface area (Å²) in [5.74, 6) is -0.421. The van der Waals surface area contributed by atoms with Gasteiger partial charge in [0.25, 0.3) is 11.5 Å². The van der Waals surface area contributed by atoms with Gasteiger partial charge in [-0.3, -0.25) is 19.0 Å². The Balaban J connectivity index is 1.65. The van der Waals surface area contributed by atoms with Gasteiger partial charge in [-0.2, -0.15) is 0 Å². The molecule has 1 atom stereocenters. The number of carbonyl (C=O) groups is 2. The molecule has 0 saturated carbocycles. The topological polar surface area (TPSA) is 124 Å². The molecule has 180 valence electrons. The molecular weight excluding hydrogens is 456 g/mol. The number of para-hydroxylation sites is 1. The van der Waals surface area contributed by atoms with Gasteiger partial charge in [-0.05, 0) is 49.1 Å². The van der Waals surface area contributed by atoms with E-state index >= 15 is 0 Å². The van der Waals surface area contributed by atoms with Crippen LogP contribution in [0, 0.1) is 0 Å². The average molecular weight is 481 g/mol. The molecule has 2 aromatic carbocycles. The van der Waals surface area contributed by atoms with E-state index in [1.54, 1.807) is 36.0 Å². The zero-order valence-corrected chi connectivity index (χ0v) is 19.8. The van der Waals surface area contributed by atoms with Crippen molar-refractivity contribution >= 4 is 33.9 Å². The number of anilines is 1. The molecule has 9 heteroatoms. The number of ketones is 1. The van der Waals surface area contributed by atoms with Gasteiger partial charge in [0.1, 0.15) is 11.3 Å². The summed E-state index contributed by atoms with van der Waals surface area (Å²) in [6.45, 7) is 3.30.